The van der Waals surface area contributed by atoms with Gasteiger partial charge in [0.25, 0.3) is 0 Å². The minimum absolute atomic E-state index is 0.617. The number of likely N-dealkylation sites (tertiary alicyclic amines) is 1. The molecule has 0 radical (unpaired) electrons. The first-order chi connectivity index (χ1) is 9.68. The van der Waals surface area contributed by atoms with E-state index in [4.69, 9.17) is 10.5 Å². The fourth-order valence-electron chi connectivity index (χ4n) is 2.82. The van der Waals surface area contributed by atoms with Crippen molar-refractivity contribution in [2.45, 2.75) is 18.4 Å². The topological polar surface area (TPSA) is 62.3 Å². The van der Waals surface area contributed by atoms with Crippen LogP contribution in [0.1, 0.15) is 18.4 Å². The van der Waals surface area contributed by atoms with Crippen molar-refractivity contribution >= 4 is 0 Å². The monoisotopic (exact) mass is 273 g/mol. The average Bonchev–Trinajstić information content (AvgIpc) is 2.94. The third-order valence-corrected chi connectivity index (χ3v) is 4.08. The van der Waals surface area contributed by atoms with E-state index >= 15 is 0 Å². The number of methoxy groups -OCH3 is 1. The van der Waals surface area contributed by atoms with Crippen molar-refractivity contribution in [2.24, 2.45) is 11.7 Å². The first-order valence-corrected chi connectivity index (χ1v) is 7.15. The maximum absolute atomic E-state index is 9.44. The Labute approximate surface area is 121 Å². The summed E-state index contributed by atoms with van der Waals surface area (Å²) in [5.41, 5.74) is 6.29. The van der Waals surface area contributed by atoms with E-state index in [2.05, 4.69) is 11.0 Å². The molecule has 0 amide bonds. The second-order valence-electron chi connectivity index (χ2n) is 5.61. The normalized spacial score (nSPS) is 22.4. The molecule has 4 nitrogen and oxygen atoms in total. The van der Waals surface area contributed by atoms with Gasteiger partial charge >= 0.3 is 0 Å². The summed E-state index contributed by atoms with van der Waals surface area (Å²) < 4.78 is 5.21. The standard InChI is InChI=1S/C16H23N3O/c1-20-12-14-7-9-19(11-14)10-8-16(18,13-17)15-5-3-2-4-6-15/h2-6,14H,7-12,18H2,1H3. The predicted octanol–water partition coefficient (Wildman–Crippen LogP) is 1.72. The van der Waals surface area contributed by atoms with Crippen LogP contribution in [0.15, 0.2) is 30.3 Å². The number of rotatable bonds is 6. The number of hydrogen-bond acceptors (Lipinski definition) is 4. The quantitative estimate of drug-likeness (QED) is 0.857. The number of ether oxygens (including phenoxy) is 1. The number of nitrogens with two attached hydrogens (primary N) is 1. The van der Waals surface area contributed by atoms with Crippen molar-refractivity contribution in [1.82, 2.24) is 4.90 Å². The fraction of sp³-hybridized carbons (Fsp3) is 0.562. The van der Waals surface area contributed by atoms with E-state index in [1.807, 2.05) is 30.3 Å². The lowest BCUT2D eigenvalue weighted by Gasteiger charge is -2.25. The smallest absolute Gasteiger partial charge is 0.131 e. The molecule has 2 rings (SSSR count). The fourth-order valence-corrected chi connectivity index (χ4v) is 2.82. The number of hydrogen-bond donors (Lipinski definition) is 1. The minimum Gasteiger partial charge on any atom is -0.384 e. The summed E-state index contributed by atoms with van der Waals surface area (Å²) in [5, 5.41) is 9.44. The van der Waals surface area contributed by atoms with Gasteiger partial charge in [-0.2, -0.15) is 5.26 Å². The molecule has 1 fully saturated rings. The lowest BCUT2D eigenvalue weighted by atomic mass is 9.89. The van der Waals surface area contributed by atoms with Crippen LogP contribution in [0.5, 0.6) is 0 Å². The second-order valence-corrected chi connectivity index (χ2v) is 5.61. The summed E-state index contributed by atoms with van der Waals surface area (Å²) in [6.45, 7) is 3.80. The summed E-state index contributed by atoms with van der Waals surface area (Å²) >= 11 is 0. The van der Waals surface area contributed by atoms with Crippen LogP contribution in [0.25, 0.3) is 0 Å². The SMILES string of the molecule is COCC1CCN(CCC(N)(C#N)c2ccccc2)C1. The zero-order valence-corrected chi connectivity index (χ0v) is 12.1. The van der Waals surface area contributed by atoms with Gasteiger partial charge in [-0.25, -0.2) is 0 Å². The summed E-state index contributed by atoms with van der Waals surface area (Å²) in [5.74, 6) is 0.617. The molecule has 0 bridgehead atoms. The third-order valence-electron chi connectivity index (χ3n) is 4.08. The largest absolute Gasteiger partial charge is 0.384 e. The Hall–Kier alpha value is -1.41. The van der Waals surface area contributed by atoms with Gasteiger partial charge in [-0.05, 0) is 30.9 Å². The van der Waals surface area contributed by atoms with E-state index in [1.165, 1.54) is 6.42 Å². The molecule has 2 unspecified atom stereocenters. The summed E-state index contributed by atoms with van der Waals surface area (Å²) in [4.78, 5) is 2.38. The minimum atomic E-state index is -0.888. The summed E-state index contributed by atoms with van der Waals surface area (Å²) in [6, 6.07) is 11.9. The highest BCUT2D eigenvalue weighted by Crippen LogP contribution is 2.24. The molecule has 1 aliphatic heterocycles. The van der Waals surface area contributed by atoms with E-state index in [0.717, 1.165) is 31.8 Å². The molecule has 0 aromatic heterocycles. The molecule has 2 N–H and O–H groups in total. The summed E-state index contributed by atoms with van der Waals surface area (Å²) in [7, 11) is 1.75. The predicted molar refractivity (Wildman–Crippen MR) is 79.0 cm³/mol. The van der Waals surface area contributed by atoms with E-state index in [-0.39, 0.29) is 0 Å². The van der Waals surface area contributed by atoms with E-state index in [0.29, 0.717) is 12.3 Å². The highest BCUT2D eigenvalue weighted by Gasteiger charge is 2.29. The Balaban J connectivity index is 1.91. The van der Waals surface area contributed by atoms with Crippen molar-refractivity contribution in [2.75, 3.05) is 33.4 Å². The Morgan fingerprint density at radius 2 is 2.20 bits per heavy atom. The van der Waals surface area contributed by atoms with Crippen LogP contribution < -0.4 is 5.73 Å². The highest BCUT2D eigenvalue weighted by molar-refractivity contribution is 5.30. The molecule has 0 aliphatic carbocycles. The molecular weight excluding hydrogens is 250 g/mol. The van der Waals surface area contributed by atoms with Crippen LogP contribution in [0.2, 0.25) is 0 Å². The van der Waals surface area contributed by atoms with Crippen LogP contribution in [0.4, 0.5) is 0 Å². The van der Waals surface area contributed by atoms with Crippen LogP contribution in [-0.4, -0.2) is 38.3 Å². The Morgan fingerprint density at radius 3 is 2.85 bits per heavy atom. The van der Waals surface area contributed by atoms with Crippen molar-refractivity contribution in [3.63, 3.8) is 0 Å². The molecule has 1 aromatic carbocycles. The first-order valence-electron chi connectivity index (χ1n) is 7.15. The number of benzene rings is 1. The van der Waals surface area contributed by atoms with Gasteiger partial charge in [0.15, 0.2) is 0 Å². The van der Waals surface area contributed by atoms with Gasteiger partial charge in [-0.1, -0.05) is 30.3 Å². The highest BCUT2D eigenvalue weighted by atomic mass is 16.5. The van der Waals surface area contributed by atoms with Gasteiger partial charge in [-0.3, -0.25) is 0 Å². The van der Waals surface area contributed by atoms with Crippen molar-refractivity contribution in [1.29, 1.82) is 5.26 Å². The van der Waals surface area contributed by atoms with Gasteiger partial charge in [0, 0.05) is 20.2 Å². The van der Waals surface area contributed by atoms with E-state index < -0.39 is 5.54 Å². The number of nitriles is 1. The zero-order valence-electron chi connectivity index (χ0n) is 12.1. The molecule has 108 valence electrons. The Bertz CT molecular complexity index is 457. The summed E-state index contributed by atoms with van der Waals surface area (Å²) in [6.07, 6.45) is 1.83. The number of nitrogens with zero attached hydrogens (tertiary/aromatic N) is 2. The molecule has 1 aromatic rings. The van der Waals surface area contributed by atoms with Gasteiger partial charge in [0.05, 0.1) is 12.7 Å². The van der Waals surface area contributed by atoms with Gasteiger partial charge < -0.3 is 15.4 Å². The van der Waals surface area contributed by atoms with Gasteiger partial charge in [-0.15, -0.1) is 0 Å². The van der Waals surface area contributed by atoms with Crippen LogP contribution in [0.3, 0.4) is 0 Å². The molecule has 0 saturated carbocycles. The Morgan fingerprint density at radius 1 is 1.45 bits per heavy atom. The van der Waals surface area contributed by atoms with Gasteiger partial charge in [0.2, 0.25) is 0 Å². The first kappa shape index (κ1) is 15.0. The van der Waals surface area contributed by atoms with Gasteiger partial charge in [0.1, 0.15) is 5.54 Å². The maximum atomic E-state index is 9.44. The molecular formula is C16H23N3O. The van der Waals surface area contributed by atoms with Crippen LogP contribution in [-0.2, 0) is 10.3 Å². The molecule has 0 spiro atoms. The average molecular weight is 273 g/mol. The lowest BCUT2D eigenvalue weighted by Crippen LogP contribution is -2.39. The molecule has 2 atom stereocenters. The Kier molecular flexibility index (Phi) is 5.13. The van der Waals surface area contributed by atoms with Crippen molar-refractivity contribution < 1.29 is 4.74 Å². The van der Waals surface area contributed by atoms with Crippen molar-refractivity contribution in [3.8, 4) is 6.07 Å². The van der Waals surface area contributed by atoms with E-state index in [9.17, 15) is 5.26 Å². The third kappa shape index (κ3) is 3.57. The van der Waals surface area contributed by atoms with E-state index in [1.54, 1.807) is 7.11 Å². The zero-order chi connectivity index (χ0) is 14.4. The van der Waals surface area contributed by atoms with Crippen molar-refractivity contribution in [3.05, 3.63) is 35.9 Å². The molecule has 1 saturated heterocycles. The van der Waals surface area contributed by atoms with Crippen LogP contribution >= 0.6 is 0 Å². The molecule has 4 heteroatoms. The maximum Gasteiger partial charge on any atom is 0.131 e. The molecule has 1 aliphatic rings. The van der Waals surface area contributed by atoms with Crippen LogP contribution in [0, 0.1) is 17.2 Å². The lowest BCUT2D eigenvalue weighted by molar-refractivity contribution is 0.152. The molecule has 20 heavy (non-hydrogen) atoms. The molecule has 1 heterocycles. The second kappa shape index (κ2) is 6.85.